The van der Waals surface area contributed by atoms with Gasteiger partial charge in [0.15, 0.2) is 0 Å². The number of aromatic nitrogens is 2. The van der Waals surface area contributed by atoms with Crippen LogP contribution in [0.4, 0.5) is 0 Å². The number of aryl methyl sites for hydroxylation is 1. The van der Waals surface area contributed by atoms with Gasteiger partial charge in [0.25, 0.3) is 0 Å². The number of nitrogens with one attached hydrogen (secondary N) is 1. The van der Waals surface area contributed by atoms with E-state index in [2.05, 4.69) is 20.7 Å². The van der Waals surface area contributed by atoms with Gasteiger partial charge in [-0.1, -0.05) is 11.6 Å². The molecule has 2 heterocycles. The van der Waals surface area contributed by atoms with Crippen molar-refractivity contribution >= 4 is 22.9 Å². The minimum Gasteiger partial charge on any atom is -0.481 e. The van der Waals surface area contributed by atoms with Crippen LogP contribution in [0.5, 0.6) is 5.88 Å². The smallest absolute Gasteiger partial charge is 0.216 e. The maximum Gasteiger partial charge on any atom is 0.216 e. The Bertz CT molecular complexity index is 559. The van der Waals surface area contributed by atoms with E-state index in [4.69, 9.17) is 16.3 Å². The number of halogens is 1. The highest BCUT2D eigenvalue weighted by Crippen LogP contribution is 2.33. The quantitative estimate of drug-likeness (QED) is 0.921. The van der Waals surface area contributed by atoms with E-state index in [0.717, 1.165) is 27.6 Å². The summed E-state index contributed by atoms with van der Waals surface area (Å²) in [6.07, 6.45) is 2.26. The SMILES string of the molecule is CNC(Cc1cc(OC)ncn1)c1scc(C)c1Cl. The second kappa shape index (κ2) is 6.32. The Balaban J connectivity index is 2.21. The van der Waals surface area contributed by atoms with Gasteiger partial charge < -0.3 is 10.1 Å². The maximum atomic E-state index is 6.32. The summed E-state index contributed by atoms with van der Waals surface area (Å²) in [7, 11) is 3.52. The van der Waals surface area contributed by atoms with Crippen LogP contribution in [-0.4, -0.2) is 24.1 Å². The lowest BCUT2D eigenvalue weighted by molar-refractivity contribution is 0.395. The number of nitrogens with zero attached hydrogens (tertiary/aromatic N) is 2. The fourth-order valence-electron chi connectivity index (χ4n) is 1.82. The number of rotatable bonds is 5. The molecule has 0 saturated heterocycles. The molecule has 0 aromatic carbocycles. The summed E-state index contributed by atoms with van der Waals surface area (Å²) in [5.74, 6) is 0.577. The average Bonchev–Trinajstić information content (AvgIpc) is 2.77. The topological polar surface area (TPSA) is 47.0 Å². The molecular weight excluding hydrogens is 282 g/mol. The molecular formula is C13H16ClN3OS. The van der Waals surface area contributed by atoms with Gasteiger partial charge in [0.1, 0.15) is 6.33 Å². The first-order valence-corrected chi connectivity index (χ1v) is 7.17. The van der Waals surface area contributed by atoms with Crippen LogP contribution in [0.3, 0.4) is 0 Å². The zero-order chi connectivity index (χ0) is 13.8. The van der Waals surface area contributed by atoms with Crippen LogP contribution in [0.15, 0.2) is 17.8 Å². The van der Waals surface area contributed by atoms with E-state index in [-0.39, 0.29) is 6.04 Å². The van der Waals surface area contributed by atoms with Gasteiger partial charge in [0.05, 0.1) is 12.1 Å². The monoisotopic (exact) mass is 297 g/mol. The third kappa shape index (κ3) is 3.23. The third-order valence-corrected chi connectivity index (χ3v) is 4.74. The van der Waals surface area contributed by atoms with Crippen LogP contribution in [0, 0.1) is 6.92 Å². The minimum absolute atomic E-state index is 0.144. The van der Waals surface area contributed by atoms with Crippen molar-refractivity contribution in [2.45, 2.75) is 19.4 Å². The van der Waals surface area contributed by atoms with Gasteiger partial charge in [-0.15, -0.1) is 11.3 Å². The molecule has 1 unspecified atom stereocenters. The Morgan fingerprint density at radius 1 is 1.47 bits per heavy atom. The normalized spacial score (nSPS) is 12.4. The van der Waals surface area contributed by atoms with Crippen LogP contribution in [-0.2, 0) is 6.42 Å². The largest absolute Gasteiger partial charge is 0.481 e. The van der Waals surface area contributed by atoms with Crippen molar-refractivity contribution in [3.05, 3.63) is 38.9 Å². The zero-order valence-electron chi connectivity index (χ0n) is 11.1. The maximum absolute atomic E-state index is 6.32. The van der Waals surface area contributed by atoms with E-state index in [9.17, 15) is 0 Å². The van der Waals surface area contributed by atoms with E-state index in [1.807, 2.05) is 20.0 Å². The summed E-state index contributed by atoms with van der Waals surface area (Å²) < 4.78 is 5.11. The third-order valence-electron chi connectivity index (χ3n) is 2.91. The molecule has 0 radical (unpaired) electrons. The number of likely N-dealkylation sites (N-methyl/N-ethyl adjacent to an activating group) is 1. The van der Waals surface area contributed by atoms with Crippen molar-refractivity contribution in [1.82, 2.24) is 15.3 Å². The molecule has 0 amide bonds. The minimum atomic E-state index is 0.144. The molecule has 2 rings (SSSR count). The van der Waals surface area contributed by atoms with E-state index < -0.39 is 0 Å². The first-order valence-electron chi connectivity index (χ1n) is 5.91. The Morgan fingerprint density at radius 3 is 2.84 bits per heavy atom. The van der Waals surface area contributed by atoms with E-state index in [1.165, 1.54) is 6.33 Å². The van der Waals surface area contributed by atoms with E-state index >= 15 is 0 Å². The summed E-state index contributed by atoms with van der Waals surface area (Å²) >= 11 is 7.99. The second-order valence-electron chi connectivity index (χ2n) is 4.19. The Labute approximate surface area is 121 Å². The Hall–Kier alpha value is -1.17. The molecule has 4 nitrogen and oxygen atoms in total. The van der Waals surface area contributed by atoms with Crippen LogP contribution in [0.1, 0.15) is 22.2 Å². The van der Waals surface area contributed by atoms with Crippen molar-refractivity contribution in [2.75, 3.05) is 14.2 Å². The van der Waals surface area contributed by atoms with Crippen molar-refractivity contribution in [3.8, 4) is 5.88 Å². The summed E-state index contributed by atoms with van der Waals surface area (Å²) in [6, 6.07) is 1.99. The molecule has 0 spiro atoms. The van der Waals surface area contributed by atoms with E-state index in [1.54, 1.807) is 18.4 Å². The van der Waals surface area contributed by atoms with Crippen LogP contribution < -0.4 is 10.1 Å². The van der Waals surface area contributed by atoms with Gasteiger partial charge in [0, 0.05) is 29.1 Å². The van der Waals surface area contributed by atoms with Gasteiger partial charge in [-0.3, -0.25) is 0 Å². The Morgan fingerprint density at radius 2 is 2.26 bits per heavy atom. The van der Waals surface area contributed by atoms with Gasteiger partial charge in [-0.2, -0.15) is 0 Å². The summed E-state index contributed by atoms with van der Waals surface area (Å²) in [6.45, 7) is 2.02. The standard InChI is InChI=1S/C13H16ClN3OS/c1-8-6-19-13(12(8)14)10(15-2)4-9-5-11(18-3)17-7-16-9/h5-7,10,15H,4H2,1-3H3. The molecule has 0 bridgehead atoms. The van der Waals surface area contributed by atoms with Crippen LogP contribution in [0.2, 0.25) is 5.02 Å². The number of hydrogen-bond acceptors (Lipinski definition) is 5. The predicted molar refractivity (Wildman–Crippen MR) is 78.2 cm³/mol. The summed E-state index contributed by atoms with van der Waals surface area (Å²) in [5.41, 5.74) is 2.04. The van der Waals surface area contributed by atoms with Crippen LogP contribution >= 0.6 is 22.9 Å². The molecule has 1 N–H and O–H groups in total. The molecule has 0 aliphatic rings. The highest BCUT2D eigenvalue weighted by atomic mass is 35.5. The summed E-state index contributed by atoms with van der Waals surface area (Å²) in [5, 5.41) is 6.19. The zero-order valence-corrected chi connectivity index (χ0v) is 12.7. The number of hydrogen-bond donors (Lipinski definition) is 1. The molecule has 0 aliphatic carbocycles. The first kappa shape index (κ1) is 14.2. The highest BCUT2D eigenvalue weighted by molar-refractivity contribution is 7.10. The molecule has 0 aliphatic heterocycles. The fraction of sp³-hybridized carbons (Fsp3) is 0.385. The second-order valence-corrected chi connectivity index (χ2v) is 5.48. The molecule has 2 aromatic heterocycles. The van der Waals surface area contributed by atoms with Crippen molar-refractivity contribution in [1.29, 1.82) is 0 Å². The number of ether oxygens (including phenoxy) is 1. The number of methoxy groups -OCH3 is 1. The van der Waals surface area contributed by atoms with Gasteiger partial charge in [-0.05, 0) is 24.9 Å². The van der Waals surface area contributed by atoms with Gasteiger partial charge in [0.2, 0.25) is 5.88 Å². The van der Waals surface area contributed by atoms with Gasteiger partial charge >= 0.3 is 0 Å². The molecule has 0 saturated carbocycles. The Kier molecular flexibility index (Phi) is 4.74. The predicted octanol–water partition coefficient (Wildman–Crippen LogP) is 3.01. The molecule has 102 valence electrons. The highest BCUT2D eigenvalue weighted by Gasteiger charge is 2.17. The van der Waals surface area contributed by atoms with Crippen LogP contribution in [0.25, 0.3) is 0 Å². The van der Waals surface area contributed by atoms with Crippen molar-refractivity contribution < 1.29 is 4.74 Å². The molecule has 0 fully saturated rings. The van der Waals surface area contributed by atoms with Crippen molar-refractivity contribution in [2.24, 2.45) is 0 Å². The summed E-state index contributed by atoms with van der Waals surface area (Å²) in [4.78, 5) is 9.41. The lowest BCUT2D eigenvalue weighted by Gasteiger charge is -2.15. The van der Waals surface area contributed by atoms with E-state index in [0.29, 0.717) is 5.88 Å². The lowest BCUT2D eigenvalue weighted by Crippen LogP contribution is -2.18. The molecule has 6 heteroatoms. The average molecular weight is 298 g/mol. The first-order chi connectivity index (χ1) is 9.15. The van der Waals surface area contributed by atoms with Gasteiger partial charge in [-0.25, -0.2) is 9.97 Å². The number of thiophene rings is 1. The molecule has 2 aromatic rings. The molecule has 1 atom stereocenters. The molecule has 19 heavy (non-hydrogen) atoms. The lowest BCUT2D eigenvalue weighted by atomic mass is 10.1. The fourth-order valence-corrected chi connectivity index (χ4v) is 3.26. The van der Waals surface area contributed by atoms with Crippen molar-refractivity contribution in [3.63, 3.8) is 0 Å².